The Labute approximate surface area is 126 Å². The zero-order valence-electron chi connectivity index (χ0n) is 12.4. The van der Waals surface area contributed by atoms with Gasteiger partial charge in [-0.15, -0.1) is 0 Å². The van der Waals surface area contributed by atoms with Gasteiger partial charge in [0.2, 0.25) is 0 Å². The lowest BCUT2D eigenvalue weighted by molar-refractivity contribution is 0.212. The fourth-order valence-electron chi connectivity index (χ4n) is 2.26. The van der Waals surface area contributed by atoms with E-state index < -0.39 is 7.14 Å². The minimum absolute atomic E-state index is 0.408. The van der Waals surface area contributed by atoms with Crippen LogP contribution in [-0.2, 0) is 9.40 Å². The molecule has 4 heteroatoms. The molecule has 2 aromatic rings. The first-order valence-electron chi connectivity index (χ1n) is 7.00. The average Bonchev–Trinajstić information content (AvgIpc) is 2.56. The Morgan fingerprint density at radius 3 is 1.86 bits per heavy atom. The Hall–Kier alpha value is -1.86. The monoisotopic (exact) mass is 301 g/mol. The molecule has 0 aliphatic rings. The van der Waals surface area contributed by atoms with Gasteiger partial charge in [0.25, 0.3) is 0 Å². The van der Waals surface area contributed by atoms with Gasteiger partial charge in [0.05, 0.1) is 11.9 Å². The lowest BCUT2D eigenvalue weighted by Crippen LogP contribution is -2.22. The highest BCUT2D eigenvalue weighted by atomic mass is 31.2. The lowest BCUT2D eigenvalue weighted by Gasteiger charge is -2.19. The zero-order valence-corrected chi connectivity index (χ0v) is 13.3. The van der Waals surface area contributed by atoms with Gasteiger partial charge in [0, 0.05) is 10.6 Å². The van der Waals surface area contributed by atoms with E-state index in [1.165, 1.54) is 7.11 Å². The molecule has 0 aromatic heterocycles. The summed E-state index contributed by atoms with van der Waals surface area (Å²) in [5.41, 5.74) is 0.813. The van der Waals surface area contributed by atoms with E-state index >= 15 is 0 Å². The van der Waals surface area contributed by atoms with Crippen LogP contribution < -0.4 is 10.6 Å². The summed E-state index contributed by atoms with van der Waals surface area (Å²) < 4.78 is 13.7. The van der Waals surface area contributed by atoms with Crippen molar-refractivity contribution in [2.24, 2.45) is 5.16 Å². The molecule has 0 amide bonds. The molecule has 2 rings (SSSR count). The van der Waals surface area contributed by atoms with E-state index in [1.807, 2.05) is 67.6 Å². The quantitative estimate of drug-likeness (QED) is 0.466. The topological polar surface area (TPSA) is 38.7 Å². The summed E-state index contributed by atoms with van der Waals surface area (Å²) in [7, 11) is -1.22. The van der Waals surface area contributed by atoms with Crippen LogP contribution in [-0.4, -0.2) is 19.0 Å². The molecule has 0 aliphatic carbocycles. The van der Waals surface area contributed by atoms with Crippen molar-refractivity contribution < 1.29 is 9.40 Å². The van der Waals surface area contributed by atoms with Crippen LogP contribution >= 0.6 is 7.14 Å². The molecule has 2 aromatic carbocycles. The Balaban J connectivity index is 2.50. The van der Waals surface area contributed by atoms with Crippen LogP contribution in [0.15, 0.2) is 65.8 Å². The van der Waals surface area contributed by atoms with Crippen LogP contribution in [0.4, 0.5) is 0 Å². The Morgan fingerprint density at radius 1 is 1.00 bits per heavy atom. The van der Waals surface area contributed by atoms with Crippen molar-refractivity contribution >= 4 is 23.5 Å². The molecule has 3 nitrogen and oxygen atoms in total. The predicted molar refractivity (Wildman–Crippen MR) is 89.4 cm³/mol. The molecule has 0 heterocycles. The van der Waals surface area contributed by atoms with Gasteiger partial charge in [-0.1, -0.05) is 72.7 Å². The summed E-state index contributed by atoms with van der Waals surface area (Å²) in [6.45, 7) is 2.00. The molecule has 0 N–H and O–H groups in total. The number of benzene rings is 2. The molecule has 0 atom stereocenters. The minimum atomic E-state index is -2.74. The number of oxime groups is 1. The molecular formula is C17H20NO2P. The van der Waals surface area contributed by atoms with Crippen LogP contribution in [0.1, 0.15) is 13.3 Å². The normalized spacial score (nSPS) is 12.2. The summed E-state index contributed by atoms with van der Waals surface area (Å²) >= 11 is 0. The molecular weight excluding hydrogens is 281 g/mol. The van der Waals surface area contributed by atoms with E-state index in [0.717, 1.165) is 22.7 Å². The van der Waals surface area contributed by atoms with E-state index in [0.29, 0.717) is 6.16 Å². The van der Waals surface area contributed by atoms with Crippen molar-refractivity contribution in [3.8, 4) is 0 Å². The second-order valence-corrected chi connectivity index (χ2v) is 7.59. The average molecular weight is 301 g/mol. The Kier molecular flexibility index (Phi) is 5.35. The third kappa shape index (κ3) is 3.62. The molecule has 0 fully saturated rings. The van der Waals surface area contributed by atoms with Crippen molar-refractivity contribution in [1.29, 1.82) is 0 Å². The van der Waals surface area contributed by atoms with Gasteiger partial charge in [0.15, 0.2) is 0 Å². The van der Waals surface area contributed by atoms with Crippen molar-refractivity contribution in [2.45, 2.75) is 13.3 Å². The zero-order chi connectivity index (χ0) is 15.1. The maximum absolute atomic E-state index is 13.7. The number of hydrogen-bond acceptors (Lipinski definition) is 3. The van der Waals surface area contributed by atoms with Crippen molar-refractivity contribution in [2.75, 3.05) is 13.3 Å². The molecule has 0 bridgehead atoms. The second kappa shape index (κ2) is 7.24. The fourth-order valence-corrected chi connectivity index (χ4v) is 5.03. The Bertz CT molecular complexity index is 595. The van der Waals surface area contributed by atoms with Crippen molar-refractivity contribution in [1.82, 2.24) is 0 Å². The van der Waals surface area contributed by atoms with E-state index in [-0.39, 0.29) is 0 Å². The van der Waals surface area contributed by atoms with Gasteiger partial charge < -0.3 is 9.40 Å². The lowest BCUT2D eigenvalue weighted by atomic mass is 10.3. The second-order valence-electron chi connectivity index (χ2n) is 4.76. The number of hydrogen-bond donors (Lipinski definition) is 0. The van der Waals surface area contributed by atoms with Gasteiger partial charge >= 0.3 is 0 Å². The highest BCUT2D eigenvalue weighted by Gasteiger charge is 2.28. The molecule has 21 heavy (non-hydrogen) atoms. The van der Waals surface area contributed by atoms with Crippen molar-refractivity contribution in [3.05, 3.63) is 60.7 Å². The van der Waals surface area contributed by atoms with Crippen LogP contribution in [0.3, 0.4) is 0 Å². The van der Waals surface area contributed by atoms with Gasteiger partial charge in [-0.25, -0.2) is 0 Å². The summed E-state index contributed by atoms with van der Waals surface area (Å²) in [5.74, 6) is 0. The molecule has 0 spiro atoms. The fraction of sp³-hybridized carbons (Fsp3) is 0.235. The van der Waals surface area contributed by atoms with Gasteiger partial charge in [-0.2, -0.15) is 0 Å². The van der Waals surface area contributed by atoms with E-state index in [9.17, 15) is 4.57 Å². The highest BCUT2D eigenvalue weighted by Crippen LogP contribution is 2.43. The van der Waals surface area contributed by atoms with E-state index in [4.69, 9.17) is 4.84 Å². The number of rotatable bonds is 6. The molecule has 0 unspecified atom stereocenters. The van der Waals surface area contributed by atoms with E-state index in [1.54, 1.807) is 0 Å². The first-order valence-corrected chi connectivity index (χ1v) is 8.89. The first-order chi connectivity index (χ1) is 10.2. The van der Waals surface area contributed by atoms with E-state index in [2.05, 4.69) is 5.16 Å². The maximum atomic E-state index is 13.7. The predicted octanol–water partition coefficient (Wildman–Crippen LogP) is 3.41. The van der Waals surface area contributed by atoms with Gasteiger partial charge in [-0.05, 0) is 6.42 Å². The van der Waals surface area contributed by atoms with Crippen LogP contribution in [0.5, 0.6) is 0 Å². The number of nitrogens with zero attached hydrogens (tertiary/aromatic N) is 1. The SMILES string of the molecule is CC/C(CP(=O)(c1ccccc1)c1ccccc1)=N/OC. The molecule has 110 valence electrons. The minimum Gasteiger partial charge on any atom is -0.399 e. The molecule has 0 saturated heterocycles. The Morgan fingerprint density at radius 2 is 1.48 bits per heavy atom. The largest absolute Gasteiger partial charge is 0.399 e. The maximum Gasteiger partial charge on any atom is 0.148 e. The van der Waals surface area contributed by atoms with Crippen LogP contribution in [0.25, 0.3) is 0 Å². The van der Waals surface area contributed by atoms with Crippen LogP contribution in [0.2, 0.25) is 0 Å². The van der Waals surface area contributed by atoms with Gasteiger partial charge in [0.1, 0.15) is 14.3 Å². The molecule has 0 saturated carbocycles. The molecule has 0 radical (unpaired) electrons. The van der Waals surface area contributed by atoms with Crippen LogP contribution in [0, 0.1) is 0 Å². The summed E-state index contributed by atoms with van der Waals surface area (Å²) in [5, 5.41) is 5.73. The first kappa shape index (κ1) is 15.5. The summed E-state index contributed by atoms with van der Waals surface area (Å²) in [4.78, 5) is 4.88. The smallest absolute Gasteiger partial charge is 0.148 e. The van der Waals surface area contributed by atoms with Gasteiger partial charge in [-0.3, -0.25) is 0 Å². The van der Waals surface area contributed by atoms with Crippen molar-refractivity contribution in [3.63, 3.8) is 0 Å². The summed E-state index contributed by atoms with van der Waals surface area (Å²) in [6.07, 6.45) is 1.13. The highest BCUT2D eigenvalue weighted by molar-refractivity contribution is 7.79. The third-order valence-corrected chi connectivity index (χ3v) is 6.46. The standard InChI is InChI=1S/C17H20NO2P/c1-3-15(18-20-2)14-21(19,16-10-6-4-7-11-16)17-12-8-5-9-13-17/h4-13H,3,14H2,1-2H3/b18-15-. The molecule has 0 aliphatic heterocycles. The third-order valence-electron chi connectivity index (χ3n) is 3.38. The summed E-state index contributed by atoms with van der Waals surface area (Å²) in [6, 6.07) is 19.2.